The summed E-state index contributed by atoms with van der Waals surface area (Å²) in [6, 6.07) is 7.30. The zero-order chi connectivity index (χ0) is 9.68. The molecular weight excluding hydrogens is 209 g/mol. The van der Waals surface area contributed by atoms with Gasteiger partial charge in [-0.15, -0.1) is 0 Å². The lowest BCUT2D eigenvalue weighted by Gasteiger charge is -2.03. The van der Waals surface area contributed by atoms with E-state index in [0.29, 0.717) is 18.0 Å². The van der Waals surface area contributed by atoms with Crippen molar-refractivity contribution in [1.29, 1.82) is 0 Å². The molecule has 0 atom stereocenters. The molecule has 0 spiro atoms. The lowest BCUT2D eigenvalue weighted by atomic mass is 10.3. The molecule has 1 rings (SSSR count). The highest BCUT2D eigenvalue weighted by atomic mass is 35.5. The fourth-order valence-corrected chi connectivity index (χ4v) is 1.19. The first-order valence-electron chi connectivity index (χ1n) is 3.86. The van der Waals surface area contributed by atoms with Gasteiger partial charge in [0.25, 0.3) is 0 Å². The molecule has 1 aromatic carbocycles. The van der Waals surface area contributed by atoms with E-state index in [1.54, 1.807) is 12.1 Å². The summed E-state index contributed by atoms with van der Waals surface area (Å²) in [5.74, 6) is 0. The molecule has 0 aliphatic carbocycles. The molecule has 0 heterocycles. The van der Waals surface area contributed by atoms with Crippen LogP contribution in [0.2, 0.25) is 5.02 Å². The van der Waals surface area contributed by atoms with Gasteiger partial charge < -0.3 is 5.32 Å². The second kappa shape index (κ2) is 5.10. The molecule has 0 fully saturated rings. The maximum atomic E-state index is 10.4. The Bertz CT molecular complexity index is 301. The molecule has 4 heteroatoms. The van der Waals surface area contributed by atoms with E-state index in [0.717, 1.165) is 5.69 Å². The van der Waals surface area contributed by atoms with Crippen LogP contribution >= 0.6 is 23.2 Å². The molecule has 0 aliphatic heterocycles. The normalized spacial score (nSPS) is 9.69. The summed E-state index contributed by atoms with van der Waals surface area (Å²) in [5, 5.41) is 3.36. The highest BCUT2D eigenvalue weighted by Gasteiger charge is 1.96. The van der Waals surface area contributed by atoms with Crippen molar-refractivity contribution in [2.45, 2.75) is 6.42 Å². The lowest BCUT2D eigenvalue weighted by molar-refractivity contribution is -0.111. The number of rotatable bonds is 4. The van der Waals surface area contributed by atoms with Crippen molar-refractivity contribution >= 4 is 34.1 Å². The van der Waals surface area contributed by atoms with Crippen LogP contribution in [-0.4, -0.2) is 11.8 Å². The number of nitrogens with one attached hydrogen (secondary N) is 1. The van der Waals surface area contributed by atoms with Crippen LogP contribution in [-0.2, 0) is 4.79 Å². The zero-order valence-electron chi connectivity index (χ0n) is 6.89. The summed E-state index contributed by atoms with van der Waals surface area (Å²) < 4.78 is 0. The van der Waals surface area contributed by atoms with Crippen LogP contribution in [0.15, 0.2) is 24.3 Å². The maximum absolute atomic E-state index is 10.4. The van der Waals surface area contributed by atoms with Gasteiger partial charge in [-0.25, -0.2) is 0 Å². The number of hydrogen-bond acceptors (Lipinski definition) is 2. The van der Waals surface area contributed by atoms with Gasteiger partial charge in [-0.2, -0.15) is 0 Å². The predicted molar refractivity (Wildman–Crippen MR) is 55.4 cm³/mol. The smallest absolute Gasteiger partial charge is 0.223 e. The van der Waals surface area contributed by atoms with Crippen molar-refractivity contribution in [1.82, 2.24) is 0 Å². The molecule has 13 heavy (non-hydrogen) atoms. The number of anilines is 1. The van der Waals surface area contributed by atoms with E-state index in [1.165, 1.54) is 0 Å². The molecule has 0 bridgehead atoms. The van der Waals surface area contributed by atoms with Gasteiger partial charge in [-0.3, -0.25) is 4.79 Å². The maximum Gasteiger partial charge on any atom is 0.223 e. The van der Waals surface area contributed by atoms with E-state index in [9.17, 15) is 4.79 Å². The summed E-state index contributed by atoms with van der Waals surface area (Å²) in [5.41, 5.74) is 0.894. The SMILES string of the molecule is O=C(Cl)CCNc1cccc(Cl)c1. The third-order valence-electron chi connectivity index (χ3n) is 1.48. The number of benzene rings is 1. The quantitative estimate of drug-likeness (QED) is 0.787. The van der Waals surface area contributed by atoms with Crippen LogP contribution in [0, 0.1) is 0 Å². The number of carbonyl (C=O) groups is 1. The molecule has 2 nitrogen and oxygen atoms in total. The summed E-state index contributed by atoms with van der Waals surface area (Å²) in [6.07, 6.45) is 0.314. The first-order valence-corrected chi connectivity index (χ1v) is 4.62. The monoisotopic (exact) mass is 217 g/mol. The van der Waals surface area contributed by atoms with Gasteiger partial charge in [0.2, 0.25) is 5.24 Å². The number of halogens is 2. The van der Waals surface area contributed by atoms with Crippen molar-refractivity contribution in [3.8, 4) is 0 Å². The largest absolute Gasteiger partial charge is 0.385 e. The molecule has 0 amide bonds. The Balaban J connectivity index is 2.41. The zero-order valence-corrected chi connectivity index (χ0v) is 8.40. The van der Waals surface area contributed by atoms with Gasteiger partial charge in [0.05, 0.1) is 0 Å². The van der Waals surface area contributed by atoms with Gasteiger partial charge in [-0.05, 0) is 29.8 Å². The Hall–Kier alpha value is -0.730. The first-order chi connectivity index (χ1) is 6.18. The predicted octanol–water partition coefficient (Wildman–Crippen LogP) is 2.91. The Morgan fingerprint density at radius 2 is 2.23 bits per heavy atom. The van der Waals surface area contributed by atoms with Crippen molar-refractivity contribution in [2.24, 2.45) is 0 Å². The van der Waals surface area contributed by atoms with E-state index < -0.39 is 0 Å². The second-order valence-electron chi connectivity index (χ2n) is 2.54. The average molecular weight is 218 g/mol. The van der Waals surface area contributed by atoms with Gasteiger partial charge in [0.15, 0.2) is 0 Å². The molecule has 0 aromatic heterocycles. The molecule has 0 saturated carbocycles. The summed E-state index contributed by atoms with van der Waals surface area (Å²) in [7, 11) is 0. The van der Waals surface area contributed by atoms with Crippen molar-refractivity contribution < 1.29 is 4.79 Å². The Kier molecular flexibility index (Phi) is 4.06. The van der Waals surface area contributed by atoms with Crippen LogP contribution in [0.5, 0.6) is 0 Å². The third kappa shape index (κ3) is 4.15. The van der Waals surface area contributed by atoms with E-state index in [-0.39, 0.29) is 5.24 Å². The van der Waals surface area contributed by atoms with Crippen molar-refractivity contribution in [3.05, 3.63) is 29.3 Å². The van der Waals surface area contributed by atoms with Crippen molar-refractivity contribution in [3.63, 3.8) is 0 Å². The molecule has 1 aromatic rings. The topological polar surface area (TPSA) is 29.1 Å². The minimum absolute atomic E-state index is 0.314. The van der Waals surface area contributed by atoms with E-state index in [4.69, 9.17) is 23.2 Å². The van der Waals surface area contributed by atoms with E-state index in [1.807, 2.05) is 12.1 Å². The van der Waals surface area contributed by atoms with Crippen LogP contribution in [0.1, 0.15) is 6.42 Å². The molecule has 70 valence electrons. The standard InChI is InChI=1S/C9H9Cl2NO/c10-7-2-1-3-8(6-7)12-5-4-9(11)13/h1-3,6,12H,4-5H2. The molecular formula is C9H9Cl2NO. The highest BCUT2D eigenvalue weighted by molar-refractivity contribution is 6.63. The van der Waals surface area contributed by atoms with Gasteiger partial charge >= 0.3 is 0 Å². The molecule has 0 radical (unpaired) electrons. The number of carbonyl (C=O) groups excluding carboxylic acids is 1. The third-order valence-corrected chi connectivity index (χ3v) is 1.90. The molecule has 0 aliphatic rings. The van der Waals surface area contributed by atoms with E-state index in [2.05, 4.69) is 5.32 Å². The first kappa shape index (κ1) is 10.4. The van der Waals surface area contributed by atoms with Crippen LogP contribution in [0.3, 0.4) is 0 Å². The average Bonchev–Trinajstić information content (AvgIpc) is 2.03. The van der Waals surface area contributed by atoms with Gasteiger partial charge in [-0.1, -0.05) is 17.7 Å². The minimum atomic E-state index is -0.338. The fraction of sp³-hybridized carbons (Fsp3) is 0.222. The summed E-state index contributed by atoms with van der Waals surface area (Å²) in [4.78, 5) is 10.4. The Labute approximate surface area is 86.8 Å². The van der Waals surface area contributed by atoms with Gasteiger partial charge in [0.1, 0.15) is 0 Å². The Morgan fingerprint density at radius 3 is 2.85 bits per heavy atom. The molecule has 0 unspecified atom stereocenters. The lowest BCUT2D eigenvalue weighted by Crippen LogP contribution is -2.04. The van der Waals surface area contributed by atoms with Crippen LogP contribution in [0.4, 0.5) is 5.69 Å². The van der Waals surface area contributed by atoms with Crippen LogP contribution < -0.4 is 5.32 Å². The van der Waals surface area contributed by atoms with E-state index >= 15 is 0 Å². The Morgan fingerprint density at radius 1 is 1.46 bits per heavy atom. The summed E-state index contributed by atoms with van der Waals surface area (Å²) in [6.45, 7) is 0.530. The summed E-state index contributed by atoms with van der Waals surface area (Å²) >= 11 is 10.9. The van der Waals surface area contributed by atoms with Crippen molar-refractivity contribution in [2.75, 3.05) is 11.9 Å². The molecule has 1 N–H and O–H groups in total. The number of hydrogen-bond donors (Lipinski definition) is 1. The molecule has 0 saturated heterocycles. The van der Waals surface area contributed by atoms with Crippen LogP contribution in [0.25, 0.3) is 0 Å². The minimum Gasteiger partial charge on any atom is -0.385 e. The fourth-order valence-electron chi connectivity index (χ4n) is 0.904. The second-order valence-corrected chi connectivity index (χ2v) is 3.40. The highest BCUT2D eigenvalue weighted by Crippen LogP contribution is 2.14. The van der Waals surface area contributed by atoms with Gasteiger partial charge in [0, 0.05) is 23.7 Å².